The second-order valence-corrected chi connectivity index (χ2v) is 7.58. The number of carbonyl (C=O) groups is 1. The van der Waals surface area contributed by atoms with E-state index in [0.717, 1.165) is 22.2 Å². The molecule has 0 spiro atoms. The van der Waals surface area contributed by atoms with Crippen LogP contribution in [-0.4, -0.2) is 34.6 Å². The average molecular weight is 395 g/mol. The molecule has 0 bridgehead atoms. The molecule has 3 nitrogen and oxygen atoms in total. The molecule has 6 heteroatoms. The Kier molecular flexibility index (Phi) is 5.33. The van der Waals surface area contributed by atoms with Crippen LogP contribution in [0.15, 0.2) is 47.2 Å². The van der Waals surface area contributed by atoms with Crippen LogP contribution < -0.4 is 0 Å². The molecule has 23 heavy (non-hydrogen) atoms. The lowest BCUT2D eigenvalue weighted by molar-refractivity contribution is 0.0766. The van der Waals surface area contributed by atoms with E-state index in [1.54, 1.807) is 36.3 Å². The summed E-state index contributed by atoms with van der Waals surface area (Å²) in [5.74, 6) is 0.612. The number of carbonyl (C=O) groups excluding carboxylic acids is 1. The molecule has 1 aliphatic rings. The zero-order valence-electron chi connectivity index (χ0n) is 12.4. The number of nitrogens with zero attached hydrogens (tertiary/aromatic N) is 2. The largest absolute Gasteiger partial charge is 0.338 e. The van der Waals surface area contributed by atoms with Crippen molar-refractivity contribution in [2.75, 3.05) is 18.8 Å². The fourth-order valence-electron chi connectivity index (χ4n) is 2.67. The summed E-state index contributed by atoms with van der Waals surface area (Å²) in [5.41, 5.74) is 1.31. The van der Waals surface area contributed by atoms with Gasteiger partial charge in [-0.25, -0.2) is 4.39 Å². The summed E-state index contributed by atoms with van der Waals surface area (Å²) < 4.78 is 14.8. The van der Waals surface area contributed by atoms with Gasteiger partial charge in [-0.3, -0.25) is 9.78 Å². The van der Waals surface area contributed by atoms with Crippen LogP contribution in [0.25, 0.3) is 0 Å². The molecule has 3 rings (SSSR count). The summed E-state index contributed by atoms with van der Waals surface area (Å²) >= 11 is 5.05. The average Bonchev–Trinajstić information content (AvgIpc) is 2.80. The molecule has 1 amide bonds. The van der Waals surface area contributed by atoms with Crippen molar-refractivity contribution in [2.45, 2.75) is 11.7 Å². The summed E-state index contributed by atoms with van der Waals surface area (Å²) in [6, 6.07) is 8.68. The van der Waals surface area contributed by atoms with Crippen LogP contribution in [0.1, 0.15) is 27.6 Å². The Morgan fingerprint density at radius 1 is 1.30 bits per heavy atom. The van der Waals surface area contributed by atoms with Crippen LogP contribution in [0.4, 0.5) is 4.39 Å². The first kappa shape index (κ1) is 16.5. The predicted molar refractivity (Wildman–Crippen MR) is 94.1 cm³/mol. The number of hydrogen-bond donors (Lipinski definition) is 0. The van der Waals surface area contributed by atoms with Gasteiger partial charge < -0.3 is 4.90 Å². The quantitative estimate of drug-likeness (QED) is 0.760. The Bertz CT molecular complexity index is 712. The molecule has 1 aromatic heterocycles. The highest BCUT2D eigenvalue weighted by molar-refractivity contribution is 9.10. The molecule has 1 fully saturated rings. The molecule has 0 saturated carbocycles. The van der Waals surface area contributed by atoms with Crippen molar-refractivity contribution in [3.63, 3.8) is 0 Å². The molecule has 1 saturated heterocycles. The molecule has 2 heterocycles. The molecule has 120 valence electrons. The maximum absolute atomic E-state index is 14.0. The smallest absolute Gasteiger partial charge is 0.255 e. The van der Waals surface area contributed by atoms with E-state index in [1.807, 2.05) is 17.0 Å². The first-order valence-electron chi connectivity index (χ1n) is 7.41. The fraction of sp³-hybridized carbons (Fsp3) is 0.294. The second kappa shape index (κ2) is 7.45. The van der Waals surface area contributed by atoms with E-state index in [9.17, 15) is 9.18 Å². The van der Waals surface area contributed by atoms with E-state index in [2.05, 4.69) is 20.9 Å². The van der Waals surface area contributed by atoms with Crippen molar-refractivity contribution in [3.8, 4) is 0 Å². The summed E-state index contributed by atoms with van der Waals surface area (Å²) in [6.07, 6.45) is 3.99. The van der Waals surface area contributed by atoms with Gasteiger partial charge in [-0.2, -0.15) is 11.8 Å². The number of benzene rings is 1. The Balaban J connectivity index is 1.71. The summed E-state index contributed by atoms with van der Waals surface area (Å²) in [5, 5.41) is 0.0923. The van der Waals surface area contributed by atoms with Gasteiger partial charge in [-0.05, 0) is 34.5 Å². The molecule has 0 aliphatic carbocycles. The second-order valence-electron chi connectivity index (χ2n) is 5.35. The summed E-state index contributed by atoms with van der Waals surface area (Å²) in [7, 11) is 0. The molecular weight excluding hydrogens is 379 g/mol. The third-order valence-corrected chi connectivity index (χ3v) is 5.58. The lowest BCUT2D eigenvalue weighted by Gasteiger charge is -2.20. The third-order valence-electron chi connectivity index (χ3n) is 3.83. The van der Waals surface area contributed by atoms with Crippen LogP contribution in [0.3, 0.4) is 0 Å². The van der Waals surface area contributed by atoms with E-state index < -0.39 is 0 Å². The Morgan fingerprint density at radius 3 is 2.91 bits per heavy atom. The van der Waals surface area contributed by atoms with Crippen LogP contribution in [0.2, 0.25) is 0 Å². The zero-order valence-corrected chi connectivity index (χ0v) is 14.8. The number of aromatic nitrogens is 1. The third kappa shape index (κ3) is 3.93. The van der Waals surface area contributed by atoms with E-state index in [1.165, 1.54) is 6.07 Å². The summed E-state index contributed by atoms with van der Waals surface area (Å²) in [4.78, 5) is 18.5. The van der Waals surface area contributed by atoms with Crippen molar-refractivity contribution in [1.82, 2.24) is 9.88 Å². The number of thioether (sulfide) groups is 1. The van der Waals surface area contributed by atoms with Gasteiger partial charge in [0.05, 0.1) is 5.56 Å². The molecule has 1 atom stereocenters. The Morgan fingerprint density at radius 2 is 2.13 bits per heavy atom. The topological polar surface area (TPSA) is 33.2 Å². The van der Waals surface area contributed by atoms with Crippen LogP contribution in [-0.2, 0) is 0 Å². The molecule has 0 unspecified atom stereocenters. The molecule has 0 N–H and O–H groups in total. The first-order chi connectivity index (χ1) is 11.1. The molecular formula is C17H16BrFN2OS. The van der Waals surface area contributed by atoms with Gasteiger partial charge in [0.25, 0.3) is 5.91 Å². The van der Waals surface area contributed by atoms with Crippen LogP contribution >= 0.6 is 27.7 Å². The van der Waals surface area contributed by atoms with E-state index >= 15 is 0 Å². The van der Waals surface area contributed by atoms with Crippen LogP contribution in [0.5, 0.6) is 0 Å². The van der Waals surface area contributed by atoms with Gasteiger partial charge in [0.1, 0.15) is 5.82 Å². The van der Waals surface area contributed by atoms with Crippen molar-refractivity contribution in [3.05, 3.63) is 64.1 Å². The Labute approximate surface area is 147 Å². The van der Waals surface area contributed by atoms with Gasteiger partial charge in [0, 0.05) is 46.5 Å². The standard InChI is InChI=1S/C17H16BrFN2OS/c18-13-9-12(10-20-11-13)17(22)21-6-5-16(23-8-7-21)14-3-1-2-4-15(14)19/h1-4,9-11,16H,5-8H2/t16-/m0/s1. The van der Waals surface area contributed by atoms with Gasteiger partial charge in [-0.15, -0.1) is 0 Å². The van der Waals surface area contributed by atoms with E-state index in [0.29, 0.717) is 18.7 Å². The summed E-state index contributed by atoms with van der Waals surface area (Å²) in [6.45, 7) is 1.29. The predicted octanol–water partition coefficient (Wildman–Crippen LogP) is 4.30. The molecule has 2 aromatic rings. The zero-order chi connectivity index (χ0) is 16.2. The van der Waals surface area contributed by atoms with E-state index in [4.69, 9.17) is 0 Å². The highest BCUT2D eigenvalue weighted by Gasteiger charge is 2.24. The lowest BCUT2D eigenvalue weighted by Crippen LogP contribution is -2.33. The highest BCUT2D eigenvalue weighted by Crippen LogP contribution is 2.35. The minimum atomic E-state index is -0.166. The van der Waals surface area contributed by atoms with Crippen molar-refractivity contribution < 1.29 is 9.18 Å². The number of halogens is 2. The van der Waals surface area contributed by atoms with Gasteiger partial charge in [-0.1, -0.05) is 18.2 Å². The van der Waals surface area contributed by atoms with Crippen LogP contribution in [0, 0.1) is 5.82 Å². The highest BCUT2D eigenvalue weighted by atomic mass is 79.9. The molecule has 0 radical (unpaired) electrons. The van der Waals surface area contributed by atoms with Gasteiger partial charge in [0.15, 0.2) is 0 Å². The first-order valence-corrected chi connectivity index (χ1v) is 9.25. The molecule has 1 aliphatic heterocycles. The maximum Gasteiger partial charge on any atom is 0.255 e. The molecule has 1 aromatic carbocycles. The van der Waals surface area contributed by atoms with Crippen molar-refractivity contribution in [2.24, 2.45) is 0 Å². The van der Waals surface area contributed by atoms with Gasteiger partial charge in [0.2, 0.25) is 0 Å². The SMILES string of the molecule is O=C(c1cncc(Br)c1)N1CCS[C@H](c2ccccc2F)CC1. The maximum atomic E-state index is 14.0. The number of rotatable bonds is 2. The van der Waals surface area contributed by atoms with E-state index in [-0.39, 0.29) is 17.0 Å². The Hall–Kier alpha value is -1.40. The normalized spacial score (nSPS) is 18.5. The monoisotopic (exact) mass is 394 g/mol. The van der Waals surface area contributed by atoms with Crippen molar-refractivity contribution >= 4 is 33.6 Å². The van der Waals surface area contributed by atoms with Gasteiger partial charge >= 0.3 is 0 Å². The number of hydrogen-bond acceptors (Lipinski definition) is 3. The lowest BCUT2D eigenvalue weighted by atomic mass is 10.1. The fourth-order valence-corrected chi connectivity index (χ4v) is 4.29. The minimum Gasteiger partial charge on any atom is -0.338 e. The number of pyridine rings is 1. The minimum absolute atomic E-state index is 0.0198. The number of amides is 1. The van der Waals surface area contributed by atoms with Crippen molar-refractivity contribution in [1.29, 1.82) is 0 Å².